The monoisotopic (exact) mass is 517 g/mol. The fraction of sp³-hybridized carbons (Fsp3) is 0.682. The van der Waals surface area contributed by atoms with E-state index >= 15 is 0 Å². The first-order chi connectivity index (χ1) is 13.7. The van der Waals surface area contributed by atoms with Gasteiger partial charge >= 0.3 is 0 Å². The van der Waals surface area contributed by atoms with E-state index in [0.717, 1.165) is 70.3 Å². The van der Waals surface area contributed by atoms with Crippen molar-refractivity contribution in [3.8, 4) is 5.75 Å². The van der Waals surface area contributed by atoms with Crippen LogP contribution in [0.5, 0.6) is 5.75 Å². The molecule has 164 valence electrons. The molecule has 0 bridgehead atoms. The van der Waals surface area contributed by atoms with Crippen LogP contribution in [0.4, 0.5) is 0 Å². The Kier molecular flexibility index (Phi) is 9.98. The van der Waals surface area contributed by atoms with E-state index in [9.17, 15) is 0 Å². The maximum atomic E-state index is 5.73. The molecule has 6 nitrogen and oxygen atoms in total. The highest BCUT2D eigenvalue weighted by molar-refractivity contribution is 14.0. The average molecular weight is 517 g/mol. The summed E-state index contributed by atoms with van der Waals surface area (Å²) in [6.07, 6.45) is 4.45. The molecule has 0 amide bonds. The molecule has 7 heteroatoms. The summed E-state index contributed by atoms with van der Waals surface area (Å²) in [6.45, 7) is 8.95. The third kappa shape index (κ3) is 6.46. The van der Waals surface area contributed by atoms with Crippen molar-refractivity contribution in [3.63, 3.8) is 0 Å². The van der Waals surface area contributed by atoms with Crippen molar-refractivity contribution in [1.82, 2.24) is 10.6 Å². The molecule has 3 rings (SSSR count). The highest BCUT2D eigenvalue weighted by Gasteiger charge is 2.37. The molecule has 0 radical (unpaired) electrons. The van der Waals surface area contributed by atoms with E-state index in [1.165, 1.54) is 11.1 Å². The van der Waals surface area contributed by atoms with Gasteiger partial charge in [0.25, 0.3) is 0 Å². The lowest BCUT2D eigenvalue weighted by atomic mass is 9.73. The van der Waals surface area contributed by atoms with Gasteiger partial charge in [0.1, 0.15) is 5.75 Å². The molecule has 0 spiro atoms. The number of nitrogens with zero attached hydrogens (tertiary/aromatic N) is 1. The molecule has 1 atom stereocenters. The molecule has 29 heavy (non-hydrogen) atoms. The first-order valence-electron chi connectivity index (χ1n) is 10.5. The van der Waals surface area contributed by atoms with Crippen molar-refractivity contribution in [3.05, 3.63) is 29.3 Å². The number of hydrogen-bond acceptors (Lipinski definition) is 4. The highest BCUT2D eigenvalue weighted by Crippen LogP contribution is 2.40. The molecule has 2 saturated heterocycles. The van der Waals surface area contributed by atoms with Crippen molar-refractivity contribution in [1.29, 1.82) is 0 Å². The first kappa shape index (κ1) is 24.2. The Bertz CT molecular complexity index is 657. The molecule has 1 aromatic rings. The molecule has 1 aromatic carbocycles. The summed E-state index contributed by atoms with van der Waals surface area (Å²) in [5.74, 6) is 1.80. The second-order valence-corrected chi connectivity index (χ2v) is 7.81. The Morgan fingerprint density at radius 2 is 2.03 bits per heavy atom. The van der Waals surface area contributed by atoms with Crippen LogP contribution in [-0.2, 0) is 14.9 Å². The van der Waals surface area contributed by atoms with E-state index in [-0.39, 0.29) is 35.5 Å². The Labute approximate surface area is 192 Å². The lowest BCUT2D eigenvalue weighted by Crippen LogP contribution is -2.43. The van der Waals surface area contributed by atoms with Gasteiger partial charge in [0.05, 0.1) is 19.8 Å². The number of aliphatic imine (C=N–C) groups is 1. The number of guanidine groups is 1. The fourth-order valence-electron chi connectivity index (χ4n) is 4.10. The summed E-state index contributed by atoms with van der Waals surface area (Å²) in [6, 6.07) is 6.44. The van der Waals surface area contributed by atoms with Gasteiger partial charge in [-0.1, -0.05) is 17.7 Å². The van der Waals surface area contributed by atoms with Crippen LogP contribution in [0.3, 0.4) is 0 Å². The van der Waals surface area contributed by atoms with Crippen LogP contribution in [0.15, 0.2) is 23.2 Å². The van der Waals surface area contributed by atoms with Crippen LogP contribution in [0.25, 0.3) is 0 Å². The van der Waals surface area contributed by atoms with Crippen molar-refractivity contribution < 1.29 is 14.2 Å². The molecule has 2 N–H and O–H groups in total. The third-order valence-electron chi connectivity index (χ3n) is 5.78. The van der Waals surface area contributed by atoms with Crippen LogP contribution in [-0.4, -0.2) is 58.6 Å². The zero-order valence-corrected chi connectivity index (χ0v) is 20.3. The Hall–Kier alpha value is -1.06. The number of ether oxygens (including phenoxy) is 3. The number of nitrogens with one attached hydrogen (secondary N) is 2. The zero-order chi connectivity index (χ0) is 19.8. The number of rotatable bonds is 7. The normalized spacial score (nSPS) is 21.3. The van der Waals surface area contributed by atoms with Gasteiger partial charge in [-0.15, -0.1) is 24.0 Å². The van der Waals surface area contributed by atoms with Crippen molar-refractivity contribution in [2.45, 2.75) is 51.0 Å². The summed E-state index contributed by atoms with van der Waals surface area (Å²) in [5, 5.41) is 6.84. The molecule has 2 aliphatic rings. The predicted molar refractivity (Wildman–Crippen MR) is 128 cm³/mol. The van der Waals surface area contributed by atoms with Gasteiger partial charge in [-0.2, -0.15) is 0 Å². The lowest BCUT2D eigenvalue weighted by Gasteiger charge is -2.37. The smallest absolute Gasteiger partial charge is 0.191 e. The highest BCUT2D eigenvalue weighted by atomic mass is 127. The number of hydrogen-bond donors (Lipinski definition) is 2. The zero-order valence-electron chi connectivity index (χ0n) is 18.0. The van der Waals surface area contributed by atoms with Gasteiger partial charge < -0.3 is 24.8 Å². The number of benzene rings is 1. The van der Waals surface area contributed by atoms with E-state index in [2.05, 4.69) is 42.7 Å². The minimum Gasteiger partial charge on any atom is -0.496 e. The minimum atomic E-state index is -0.0676. The SMILES string of the molecule is CCNC(=NCC1(c2cc(C)ccc2OC)CCOCC1)NCC1CCCO1.I. The van der Waals surface area contributed by atoms with Gasteiger partial charge in [-0.3, -0.25) is 4.99 Å². The maximum Gasteiger partial charge on any atom is 0.191 e. The Morgan fingerprint density at radius 3 is 2.69 bits per heavy atom. The maximum absolute atomic E-state index is 5.73. The molecule has 0 saturated carbocycles. The first-order valence-corrected chi connectivity index (χ1v) is 10.5. The van der Waals surface area contributed by atoms with Crippen LogP contribution in [0.1, 0.15) is 43.7 Å². The van der Waals surface area contributed by atoms with E-state index < -0.39 is 0 Å². The minimum absolute atomic E-state index is 0. The summed E-state index contributed by atoms with van der Waals surface area (Å²) < 4.78 is 17.1. The average Bonchev–Trinajstić information content (AvgIpc) is 3.24. The Morgan fingerprint density at radius 1 is 1.24 bits per heavy atom. The van der Waals surface area contributed by atoms with Crippen LogP contribution >= 0.6 is 24.0 Å². The Balaban J connectivity index is 0.00000300. The van der Waals surface area contributed by atoms with Gasteiger partial charge in [-0.05, 0) is 45.6 Å². The van der Waals surface area contributed by atoms with Crippen LogP contribution in [0.2, 0.25) is 0 Å². The standard InChI is InChI=1S/C22H35N3O3.HI/c1-4-23-21(24-15-18-6-5-11-28-18)25-16-22(9-12-27-13-10-22)19-14-17(2)7-8-20(19)26-3;/h7-8,14,18H,4-6,9-13,15-16H2,1-3H3,(H2,23,24,25);1H. The number of halogens is 1. The summed E-state index contributed by atoms with van der Waals surface area (Å²) >= 11 is 0. The number of aryl methyl sites for hydroxylation is 1. The fourth-order valence-corrected chi connectivity index (χ4v) is 4.10. The van der Waals surface area contributed by atoms with Gasteiger partial charge in [-0.25, -0.2) is 0 Å². The molecule has 1 unspecified atom stereocenters. The summed E-state index contributed by atoms with van der Waals surface area (Å²) in [7, 11) is 1.75. The molecule has 0 aliphatic carbocycles. The topological polar surface area (TPSA) is 64.1 Å². The quantitative estimate of drug-likeness (QED) is 0.330. The van der Waals surface area contributed by atoms with Gasteiger partial charge in [0.15, 0.2) is 5.96 Å². The largest absolute Gasteiger partial charge is 0.496 e. The summed E-state index contributed by atoms with van der Waals surface area (Å²) in [5.41, 5.74) is 2.42. The van der Waals surface area contributed by atoms with E-state index in [1.54, 1.807) is 7.11 Å². The van der Waals surface area contributed by atoms with E-state index in [0.29, 0.717) is 6.54 Å². The second kappa shape index (κ2) is 12.0. The van der Waals surface area contributed by atoms with Crippen molar-refractivity contribution >= 4 is 29.9 Å². The van der Waals surface area contributed by atoms with E-state index in [1.807, 2.05) is 0 Å². The molecule has 0 aromatic heterocycles. The van der Waals surface area contributed by atoms with Gasteiger partial charge in [0, 0.05) is 43.9 Å². The molecule has 2 heterocycles. The van der Waals surface area contributed by atoms with Crippen LogP contribution < -0.4 is 15.4 Å². The number of methoxy groups -OCH3 is 1. The lowest BCUT2D eigenvalue weighted by molar-refractivity contribution is 0.0522. The van der Waals surface area contributed by atoms with Crippen molar-refractivity contribution in [2.75, 3.05) is 46.6 Å². The molecule has 2 aliphatic heterocycles. The predicted octanol–water partition coefficient (Wildman–Crippen LogP) is 3.40. The molecule has 2 fully saturated rings. The second-order valence-electron chi connectivity index (χ2n) is 7.81. The van der Waals surface area contributed by atoms with E-state index in [4.69, 9.17) is 19.2 Å². The van der Waals surface area contributed by atoms with Crippen LogP contribution in [0, 0.1) is 6.92 Å². The molecular formula is C22H36IN3O3. The van der Waals surface area contributed by atoms with Gasteiger partial charge in [0.2, 0.25) is 0 Å². The molecular weight excluding hydrogens is 481 g/mol. The third-order valence-corrected chi connectivity index (χ3v) is 5.78. The summed E-state index contributed by atoms with van der Waals surface area (Å²) in [4.78, 5) is 4.98. The van der Waals surface area contributed by atoms with Crippen molar-refractivity contribution in [2.24, 2.45) is 4.99 Å².